The highest BCUT2D eigenvalue weighted by Crippen LogP contribution is 2.35. The van der Waals surface area contributed by atoms with Gasteiger partial charge in [0, 0.05) is 16.7 Å². The predicted octanol–water partition coefficient (Wildman–Crippen LogP) is 7.32. The second-order valence-electron chi connectivity index (χ2n) is 8.99. The minimum Gasteiger partial charge on any atom is -0.208 e. The first-order valence-corrected chi connectivity index (χ1v) is 10.9. The summed E-state index contributed by atoms with van der Waals surface area (Å²) < 4.78 is 0. The molecule has 32 heavy (non-hydrogen) atoms. The third-order valence-corrected chi connectivity index (χ3v) is 5.67. The Morgan fingerprint density at radius 3 is 1.47 bits per heavy atom. The van der Waals surface area contributed by atoms with Gasteiger partial charge in [0.15, 0.2) is 17.5 Å². The zero-order chi connectivity index (χ0) is 22.1. The number of fused-ring (bicyclic) bond motifs is 1. The Balaban J connectivity index is 1.78. The molecule has 1 aromatic heterocycles. The molecule has 1 heterocycles. The van der Waals surface area contributed by atoms with Gasteiger partial charge in [-0.1, -0.05) is 118 Å². The Morgan fingerprint density at radius 1 is 0.469 bits per heavy atom. The van der Waals surface area contributed by atoms with Crippen LogP contribution < -0.4 is 0 Å². The summed E-state index contributed by atoms with van der Waals surface area (Å²) in [6, 6.07) is 33.1. The van der Waals surface area contributed by atoms with Crippen LogP contribution in [-0.2, 0) is 5.41 Å². The highest BCUT2D eigenvalue weighted by atomic mass is 15.0. The Labute approximate surface area is 188 Å². The van der Waals surface area contributed by atoms with Crippen LogP contribution in [0.2, 0.25) is 0 Å². The van der Waals surface area contributed by atoms with E-state index in [4.69, 9.17) is 15.0 Å². The Morgan fingerprint density at radius 2 is 0.938 bits per heavy atom. The van der Waals surface area contributed by atoms with Crippen molar-refractivity contribution in [3.63, 3.8) is 0 Å². The van der Waals surface area contributed by atoms with Crippen LogP contribution in [0.15, 0.2) is 97.1 Å². The number of hydrogen-bond donors (Lipinski definition) is 0. The standard InChI is InChI=1S/C29H25N3/c1-29(2,3)25-19-18-24(22-16-10-11-17-23(22)25)28-31-26(20-12-6-4-7-13-20)30-27(32-28)21-14-8-5-9-15-21/h4-19H,1-3H3. The van der Waals surface area contributed by atoms with Crippen molar-refractivity contribution in [3.8, 4) is 34.2 Å². The Hall–Kier alpha value is -3.85. The SMILES string of the molecule is CC(C)(C)c1ccc(-c2nc(-c3ccccc3)nc(-c3ccccc3)n2)c2ccccc12. The van der Waals surface area contributed by atoms with Crippen LogP contribution in [0.4, 0.5) is 0 Å². The van der Waals surface area contributed by atoms with Crippen molar-refractivity contribution < 1.29 is 0 Å². The van der Waals surface area contributed by atoms with Crippen molar-refractivity contribution in [1.29, 1.82) is 0 Å². The van der Waals surface area contributed by atoms with Crippen molar-refractivity contribution in [2.24, 2.45) is 0 Å². The number of rotatable bonds is 3. The van der Waals surface area contributed by atoms with Gasteiger partial charge in [-0.25, -0.2) is 15.0 Å². The van der Waals surface area contributed by atoms with E-state index < -0.39 is 0 Å². The third kappa shape index (κ3) is 3.78. The first-order chi connectivity index (χ1) is 15.5. The van der Waals surface area contributed by atoms with Crippen molar-refractivity contribution >= 4 is 10.8 Å². The summed E-state index contributed by atoms with van der Waals surface area (Å²) in [4.78, 5) is 14.7. The number of benzene rings is 4. The van der Waals surface area contributed by atoms with Crippen LogP contribution in [0.1, 0.15) is 26.3 Å². The zero-order valence-electron chi connectivity index (χ0n) is 18.6. The van der Waals surface area contributed by atoms with Gasteiger partial charge in [-0.15, -0.1) is 0 Å². The van der Waals surface area contributed by atoms with Gasteiger partial charge >= 0.3 is 0 Å². The van der Waals surface area contributed by atoms with E-state index in [1.54, 1.807) is 0 Å². The molecule has 0 spiro atoms. The van der Waals surface area contributed by atoms with E-state index in [-0.39, 0.29) is 5.41 Å². The van der Waals surface area contributed by atoms with Gasteiger partial charge in [0.25, 0.3) is 0 Å². The van der Waals surface area contributed by atoms with Crippen molar-refractivity contribution in [2.45, 2.75) is 26.2 Å². The van der Waals surface area contributed by atoms with Gasteiger partial charge < -0.3 is 0 Å². The molecule has 0 aliphatic rings. The van der Waals surface area contributed by atoms with Gasteiger partial charge in [0.1, 0.15) is 0 Å². The van der Waals surface area contributed by atoms with Gasteiger partial charge in [0.05, 0.1) is 0 Å². The van der Waals surface area contributed by atoms with Crippen LogP contribution in [0.5, 0.6) is 0 Å². The van der Waals surface area contributed by atoms with Gasteiger partial charge in [-0.2, -0.15) is 0 Å². The largest absolute Gasteiger partial charge is 0.208 e. The van der Waals surface area contributed by atoms with Crippen LogP contribution in [0, 0.1) is 0 Å². The summed E-state index contributed by atoms with van der Waals surface area (Å²) in [6.07, 6.45) is 0. The maximum atomic E-state index is 4.92. The van der Waals surface area contributed by atoms with Crippen LogP contribution in [-0.4, -0.2) is 15.0 Å². The maximum Gasteiger partial charge on any atom is 0.164 e. The summed E-state index contributed by atoms with van der Waals surface area (Å²) >= 11 is 0. The van der Waals surface area contributed by atoms with Crippen LogP contribution in [0.25, 0.3) is 44.9 Å². The average Bonchev–Trinajstić information content (AvgIpc) is 2.83. The second-order valence-corrected chi connectivity index (χ2v) is 8.99. The molecule has 0 saturated heterocycles. The predicted molar refractivity (Wildman–Crippen MR) is 132 cm³/mol. The van der Waals surface area contributed by atoms with Gasteiger partial charge in [-0.05, 0) is 21.8 Å². The molecule has 0 unspecified atom stereocenters. The molecule has 0 amide bonds. The van der Waals surface area contributed by atoms with Crippen LogP contribution >= 0.6 is 0 Å². The molecule has 0 fully saturated rings. The molecule has 0 radical (unpaired) electrons. The fourth-order valence-electron chi connectivity index (χ4n) is 4.08. The quantitative estimate of drug-likeness (QED) is 0.310. The highest BCUT2D eigenvalue weighted by molar-refractivity contribution is 5.98. The zero-order valence-corrected chi connectivity index (χ0v) is 18.6. The van der Waals surface area contributed by atoms with E-state index in [9.17, 15) is 0 Å². The van der Waals surface area contributed by atoms with E-state index in [1.807, 2.05) is 60.7 Å². The smallest absolute Gasteiger partial charge is 0.164 e. The summed E-state index contributed by atoms with van der Waals surface area (Å²) in [7, 11) is 0. The summed E-state index contributed by atoms with van der Waals surface area (Å²) in [5, 5.41) is 2.39. The lowest BCUT2D eigenvalue weighted by atomic mass is 9.82. The minimum atomic E-state index is 0.0433. The summed E-state index contributed by atoms with van der Waals surface area (Å²) in [5.41, 5.74) is 4.33. The van der Waals surface area contributed by atoms with E-state index in [1.165, 1.54) is 10.9 Å². The first kappa shape index (κ1) is 20.1. The molecular formula is C29H25N3. The molecular weight excluding hydrogens is 390 g/mol. The van der Waals surface area contributed by atoms with Crippen molar-refractivity contribution in [3.05, 3.63) is 103 Å². The van der Waals surface area contributed by atoms with Gasteiger partial charge in [-0.3, -0.25) is 0 Å². The molecule has 4 aromatic carbocycles. The topological polar surface area (TPSA) is 38.7 Å². The van der Waals surface area contributed by atoms with Crippen LogP contribution in [0.3, 0.4) is 0 Å². The first-order valence-electron chi connectivity index (χ1n) is 10.9. The molecule has 156 valence electrons. The lowest BCUT2D eigenvalue weighted by Gasteiger charge is -2.22. The molecule has 3 nitrogen and oxygen atoms in total. The molecule has 0 N–H and O–H groups in total. The summed E-state index contributed by atoms with van der Waals surface area (Å²) in [6.45, 7) is 6.75. The fraction of sp³-hybridized carbons (Fsp3) is 0.138. The monoisotopic (exact) mass is 415 g/mol. The molecule has 0 atom stereocenters. The average molecular weight is 416 g/mol. The molecule has 0 bridgehead atoms. The maximum absolute atomic E-state index is 4.92. The molecule has 5 aromatic rings. The molecule has 3 heteroatoms. The fourth-order valence-corrected chi connectivity index (χ4v) is 4.08. The van der Waals surface area contributed by atoms with E-state index in [0.717, 1.165) is 22.1 Å². The van der Waals surface area contributed by atoms with Crippen molar-refractivity contribution in [1.82, 2.24) is 15.0 Å². The number of aromatic nitrogens is 3. The Bertz CT molecular complexity index is 1330. The molecule has 0 aliphatic carbocycles. The lowest BCUT2D eigenvalue weighted by molar-refractivity contribution is 0.596. The van der Waals surface area contributed by atoms with Crippen molar-refractivity contribution in [2.75, 3.05) is 0 Å². The molecule has 5 rings (SSSR count). The highest BCUT2D eigenvalue weighted by Gasteiger charge is 2.20. The summed E-state index contributed by atoms with van der Waals surface area (Å²) in [5.74, 6) is 2.05. The van der Waals surface area contributed by atoms with Gasteiger partial charge in [0.2, 0.25) is 0 Å². The van der Waals surface area contributed by atoms with E-state index >= 15 is 0 Å². The normalized spacial score (nSPS) is 11.6. The minimum absolute atomic E-state index is 0.0433. The molecule has 0 saturated carbocycles. The second kappa shape index (κ2) is 8.01. The number of hydrogen-bond acceptors (Lipinski definition) is 3. The molecule has 0 aliphatic heterocycles. The lowest BCUT2D eigenvalue weighted by Crippen LogP contribution is -2.12. The number of nitrogens with zero attached hydrogens (tertiary/aromatic N) is 3. The van der Waals surface area contributed by atoms with E-state index in [2.05, 4.69) is 57.2 Å². The third-order valence-electron chi connectivity index (χ3n) is 5.67. The Kier molecular flexibility index (Phi) is 5.02. The van der Waals surface area contributed by atoms with E-state index in [0.29, 0.717) is 17.5 Å².